The van der Waals surface area contributed by atoms with Crippen molar-refractivity contribution in [1.82, 2.24) is 5.32 Å². The summed E-state index contributed by atoms with van der Waals surface area (Å²) in [5.74, 6) is -0.761. The summed E-state index contributed by atoms with van der Waals surface area (Å²) in [4.78, 5) is 22.8. The minimum absolute atomic E-state index is 0.0170. The van der Waals surface area contributed by atoms with Crippen LogP contribution < -0.4 is 5.32 Å². The minimum atomic E-state index is -1.06. The molecular formula is C14H23NO3. The molecule has 1 atom stereocenters. The Bertz CT molecular complexity index is 369. The smallest absolute Gasteiger partial charge is 0.352 e. The number of hydrogen-bond donors (Lipinski definition) is 2. The van der Waals surface area contributed by atoms with Crippen LogP contribution >= 0.6 is 0 Å². The lowest BCUT2D eigenvalue weighted by molar-refractivity contribution is -0.135. The zero-order valence-corrected chi connectivity index (χ0v) is 11.6. The van der Waals surface area contributed by atoms with E-state index in [1.807, 2.05) is 13.8 Å². The van der Waals surface area contributed by atoms with Gasteiger partial charge in [-0.05, 0) is 30.6 Å². The third-order valence-electron chi connectivity index (χ3n) is 3.41. The van der Waals surface area contributed by atoms with Crippen LogP contribution in [0.2, 0.25) is 0 Å². The maximum absolute atomic E-state index is 11.8. The first-order valence-electron chi connectivity index (χ1n) is 6.48. The average molecular weight is 253 g/mol. The maximum atomic E-state index is 11.8. The number of amides is 1. The summed E-state index contributed by atoms with van der Waals surface area (Å²) in [6, 6.07) is 0. The van der Waals surface area contributed by atoms with E-state index in [0.717, 1.165) is 12.8 Å². The van der Waals surface area contributed by atoms with E-state index in [1.54, 1.807) is 6.08 Å². The SMILES string of the molecule is CC(C)CC/C=C(/NC(=O)C1CC1(C)C)C(=O)O. The number of rotatable bonds is 6. The highest BCUT2D eigenvalue weighted by molar-refractivity contribution is 5.94. The van der Waals surface area contributed by atoms with E-state index in [-0.39, 0.29) is 22.9 Å². The van der Waals surface area contributed by atoms with Gasteiger partial charge >= 0.3 is 5.97 Å². The van der Waals surface area contributed by atoms with Crippen LogP contribution in [0.25, 0.3) is 0 Å². The monoisotopic (exact) mass is 253 g/mol. The Morgan fingerprint density at radius 3 is 2.39 bits per heavy atom. The van der Waals surface area contributed by atoms with E-state index in [1.165, 1.54) is 0 Å². The number of carboxylic acid groups (broad SMARTS) is 1. The normalized spacial score (nSPS) is 21.8. The number of carbonyl (C=O) groups is 2. The molecular weight excluding hydrogens is 230 g/mol. The van der Waals surface area contributed by atoms with Gasteiger partial charge in [0.1, 0.15) is 5.70 Å². The second kappa shape index (κ2) is 5.55. The Morgan fingerprint density at radius 2 is 2.00 bits per heavy atom. The van der Waals surface area contributed by atoms with Gasteiger partial charge in [0, 0.05) is 5.92 Å². The first kappa shape index (κ1) is 14.7. The van der Waals surface area contributed by atoms with Crippen molar-refractivity contribution in [3.05, 3.63) is 11.8 Å². The molecule has 1 amide bonds. The predicted octanol–water partition coefficient (Wildman–Crippen LogP) is 2.55. The van der Waals surface area contributed by atoms with E-state index < -0.39 is 5.97 Å². The first-order chi connectivity index (χ1) is 8.24. The summed E-state index contributed by atoms with van der Waals surface area (Å²) >= 11 is 0. The summed E-state index contributed by atoms with van der Waals surface area (Å²) in [7, 11) is 0. The topological polar surface area (TPSA) is 66.4 Å². The average Bonchev–Trinajstić information content (AvgIpc) is 2.85. The minimum Gasteiger partial charge on any atom is -0.477 e. The Balaban J connectivity index is 2.53. The Labute approximate surface area is 108 Å². The van der Waals surface area contributed by atoms with Crippen molar-refractivity contribution in [1.29, 1.82) is 0 Å². The van der Waals surface area contributed by atoms with E-state index in [9.17, 15) is 9.59 Å². The summed E-state index contributed by atoms with van der Waals surface area (Å²) in [5, 5.41) is 11.6. The summed E-state index contributed by atoms with van der Waals surface area (Å²) < 4.78 is 0. The van der Waals surface area contributed by atoms with Gasteiger partial charge in [-0.15, -0.1) is 0 Å². The zero-order chi connectivity index (χ0) is 13.9. The molecule has 18 heavy (non-hydrogen) atoms. The van der Waals surface area contributed by atoms with Gasteiger partial charge in [0.05, 0.1) is 0 Å². The van der Waals surface area contributed by atoms with Crippen LogP contribution in [0.1, 0.15) is 47.0 Å². The second-order valence-corrected chi connectivity index (χ2v) is 6.13. The van der Waals surface area contributed by atoms with Gasteiger partial charge in [0.25, 0.3) is 0 Å². The van der Waals surface area contributed by atoms with E-state index in [4.69, 9.17) is 5.11 Å². The highest BCUT2D eigenvalue weighted by Gasteiger charge is 2.50. The highest BCUT2D eigenvalue weighted by Crippen LogP contribution is 2.51. The molecule has 4 heteroatoms. The van der Waals surface area contributed by atoms with Crippen molar-refractivity contribution in [2.45, 2.75) is 47.0 Å². The molecule has 0 spiro atoms. The lowest BCUT2D eigenvalue weighted by atomic mass is 10.1. The standard InChI is InChI=1S/C14H23NO3/c1-9(2)6-5-7-11(13(17)18)15-12(16)10-8-14(10,3)4/h7,9-10H,5-6,8H2,1-4H3,(H,15,16)(H,17,18)/b11-7+. The van der Waals surface area contributed by atoms with Crippen molar-refractivity contribution >= 4 is 11.9 Å². The Hall–Kier alpha value is -1.32. The fourth-order valence-electron chi connectivity index (χ4n) is 1.89. The van der Waals surface area contributed by atoms with Crippen LogP contribution in [0, 0.1) is 17.3 Å². The highest BCUT2D eigenvalue weighted by atomic mass is 16.4. The molecule has 2 N–H and O–H groups in total. The van der Waals surface area contributed by atoms with Crippen LogP contribution in [-0.2, 0) is 9.59 Å². The largest absolute Gasteiger partial charge is 0.477 e. The number of carboxylic acids is 1. The Kier molecular flexibility index (Phi) is 4.54. The molecule has 0 bridgehead atoms. The van der Waals surface area contributed by atoms with Crippen LogP contribution in [0.3, 0.4) is 0 Å². The third-order valence-corrected chi connectivity index (χ3v) is 3.41. The third kappa shape index (κ3) is 4.17. The lowest BCUT2D eigenvalue weighted by Crippen LogP contribution is -2.29. The predicted molar refractivity (Wildman–Crippen MR) is 69.8 cm³/mol. The molecule has 0 saturated heterocycles. The van der Waals surface area contributed by atoms with Gasteiger partial charge in [-0.25, -0.2) is 4.79 Å². The van der Waals surface area contributed by atoms with Gasteiger partial charge in [-0.2, -0.15) is 0 Å². The molecule has 1 unspecified atom stereocenters. The molecule has 0 aromatic carbocycles. The van der Waals surface area contributed by atoms with Gasteiger partial charge in [0.15, 0.2) is 0 Å². The van der Waals surface area contributed by atoms with Crippen molar-refractivity contribution in [3.8, 4) is 0 Å². The number of nitrogens with one attached hydrogen (secondary N) is 1. The fourth-order valence-corrected chi connectivity index (χ4v) is 1.89. The Morgan fingerprint density at radius 1 is 1.44 bits per heavy atom. The van der Waals surface area contributed by atoms with E-state index in [0.29, 0.717) is 12.3 Å². The number of hydrogen-bond acceptors (Lipinski definition) is 2. The summed E-state index contributed by atoms with van der Waals surface area (Å²) in [6.07, 6.45) is 4.03. The van der Waals surface area contributed by atoms with Crippen molar-refractivity contribution in [3.63, 3.8) is 0 Å². The molecule has 0 aromatic rings. The van der Waals surface area contributed by atoms with E-state index in [2.05, 4.69) is 19.2 Å². The van der Waals surface area contributed by atoms with Crippen molar-refractivity contribution in [2.24, 2.45) is 17.3 Å². The molecule has 1 aliphatic carbocycles. The van der Waals surface area contributed by atoms with Crippen molar-refractivity contribution < 1.29 is 14.7 Å². The van der Waals surface area contributed by atoms with Crippen LogP contribution in [0.4, 0.5) is 0 Å². The second-order valence-electron chi connectivity index (χ2n) is 6.13. The zero-order valence-electron chi connectivity index (χ0n) is 11.6. The molecule has 4 nitrogen and oxygen atoms in total. The van der Waals surface area contributed by atoms with Crippen LogP contribution in [0.15, 0.2) is 11.8 Å². The van der Waals surface area contributed by atoms with Gasteiger partial charge in [-0.1, -0.05) is 33.8 Å². The quantitative estimate of drug-likeness (QED) is 0.715. The molecule has 0 heterocycles. The fraction of sp³-hybridized carbons (Fsp3) is 0.714. The van der Waals surface area contributed by atoms with Gasteiger partial charge in [0.2, 0.25) is 5.91 Å². The molecule has 102 valence electrons. The molecule has 0 aliphatic heterocycles. The van der Waals surface area contributed by atoms with Crippen molar-refractivity contribution in [2.75, 3.05) is 0 Å². The first-order valence-corrected chi connectivity index (χ1v) is 6.48. The number of allylic oxidation sites excluding steroid dienone is 1. The van der Waals surface area contributed by atoms with Gasteiger partial charge < -0.3 is 10.4 Å². The van der Waals surface area contributed by atoms with E-state index >= 15 is 0 Å². The molecule has 1 aliphatic rings. The summed E-state index contributed by atoms with van der Waals surface area (Å²) in [5.41, 5.74) is 0.0365. The molecule has 0 radical (unpaired) electrons. The van der Waals surface area contributed by atoms with Crippen LogP contribution in [-0.4, -0.2) is 17.0 Å². The molecule has 1 saturated carbocycles. The molecule has 1 fully saturated rings. The maximum Gasteiger partial charge on any atom is 0.352 e. The number of carbonyl (C=O) groups excluding carboxylic acids is 1. The van der Waals surface area contributed by atoms with Gasteiger partial charge in [-0.3, -0.25) is 4.79 Å². The molecule has 0 aromatic heterocycles. The molecule has 1 rings (SSSR count). The lowest BCUT2D eigenvalue weighted by Gasteiger charge is -2.08. The summed E-state index contributed by atoms with van der Waals surface area (Å²) in [6.45, 7) is 8.19. The van der Waals surface area contributed by atoms with Crippen LogP contribution in [0.5, 0.6) is 0 Å². The number of aliphatic carboxylic acids is 1.